The Balaban J connectivity index is 0.000000325. The number of carboxylic acid groups (broad SMARTS) is 1. The summed E-state index contributed by atoms with van der Waals surface area (Å²) in [6.45, 7) is -5.73. The Morgan fingerprint density at radius 1 is 0.478 bits per heavy atom. The molecule has 1 heterocycles. The van der Waals surface area contributed by atoms with Crippen molar-refractivity contribution >= 4 is 97.2 Å². The van der Waals surface area contributed by atoms with Crippen LogP contribution in [0.25, 0.3) is 0 Å². The van der Waals surface area contributed by atoms with Gasteiger partial charge in [-0.25, -0.2) is 32.6 Å². The summed E-state index contributed by atoms with van der Waals surface area (Å²) in [5.74, 6) is -1.27. The molecule has 7 aromatic carbocycles. The van der Waals surface area contributed by atoms with Crippen LogP contribution in [-0.2, 0) is 105 Å². The number of esters is 3. The van der Waals surface area contributed by atoms with Gasteiger partial charge in [-0.1, -0.05) is 89.9 Å². The quantitative estimate of drug-likeness (QED) is 0.0161. The fourth-order valence-electron chi connectivity index (χ4n) is 8.83. The van der Waals surface area contributed by atoms with Crippen LogP contribution < -0.4 is 52.4 Å². The number of carboxylic acids is 1. The van der Waals surface area contributed by atoms with Gasteiger partial charge in [-0.05, 0) is 96.1 Å². The minimum atomic E-state index is -4.41. The maximum atomic E-state index is 13.0. The van der Waals surface area contributed by atoms with Crippen molar-refractivity contribution in [3.05, 3.63) is 196 Å². The summed E-state index contributed by atoms with van der Waals surface area (Å²) < 4.78 is 201. The molecule has 1 fully saturated rings. The van der Waals surface area contributed by atoms with E-state index in [4.69, 9.17) is 105 Å². The van der Waals surface area contributed by atoms with Gasteiger partial charge in [-0.15, -0.1) is 0 Å². The van der Waals surface area contributed by atoms with Gasteiger partial charge in [0.1, 0.15) is 36.0 Å². The van der Waals surface area contributed by atoms with Gasteiger partial charge in [0.25, 0.3) is 39.4 Å². The monoisotopic (exact) mass is 1720 g/mol. The van der Waals surface area contributed by atoms with Crippen LogP contribution in [0.1, 0.15) is 41.2 Å². The first-order valence-corrected chi connectivity index (χ1v) is 39.5. The fourth-order valence-corrected chi connectivity index (χ4v) is 12.8. The van der Waals surface area contributed by atoms with Crippen molar-refractivity contribution in [3.8, 4) is 57.5 Å². The maximum absolute atomic E-state index is 13.0. The van der Waals surface area contributed by atoms with E-state index in [-0.39, 0.29) is 83.5 Å². The second-order valence-corrected chi connectivity index (χ2v) is 30.4. The van der Waals surface area contributed by atoms with E-state index in [1.54, 1.807) is 24.3 Å². The van der Waals surface area contributed by atoms with Crippen LogP contribution in [0.15, 0.2) is 184 Å². The number of nitrogens with one attached hydrogen (secondary N) is 1. The average molecular weight is 1730 g/mol. The van der Waals surface area contributed by atoms with Gasteiger partial charge in [0.05, 0.1) is 83.1 Å². The molecule has 616 valence electrons. The van der Waals surface area contributed by atoms with Crippen LogP contribution in [0.5, 0.6) is 57.5 Å². The first-order chi connectivity index (χ1) is 53.2. The zero-order valence-electron chi connectivity index (χ0n) is 61.2. The molecule has 32 nitrogen and oxygen atoms in total. The zero-order valence-corrected chi connectivity index (χ0v) is 66.7. The molecule has 1 aliphatic rings. The van der Waals surface area contributed by atoms with E-state index in [0.717, 1.165) is 24.0 Å². The lowest BCUT2D eigenvalue weighted by atomic mass is 10.0. The minimum absolute atomic E-state index is 0. The molecule has 0 spiro atoms. The van der Waals surface area contributed by atoms with Crippen LogP contribution in [0.3, 0.4) is 0 Å². The van der Waals surface area contributed by atoms with Crippen molar-refractivity contribution in [2.45, 2.75) is 64.8 Å². The second-order valence-electron chi connectivity index (χ2n) is 22.1. The van der Waals surface area contributed by atoms with Crippen molar-refractivity contribution in [1.82, 2.24) is 0 Å². The topological polar surface area (TPSA) is 437 Å². The molecule has 0 unspecified atom stereocenters. The fraction of sp³-hybridized carbons (Fsp3) is 0.292. The van der Waals surface area contributed by atoms with Crippen molar-refractivity contribution in [2.75, 3.05) is 89.9 Å². The number of aliphatic hydroxyl groups is 1. The van der Waals surface area contributed by atoms with E-state index < -0.39 is 102 Å². The van der Waals surface area contributed by atoms with Crippen molar-refractivity contribution < 1.29 is 156 Å². The highest BCUT2D eigenvalue weighted by Gasteiger charge is 2.29. The Morgan fingerprint density at radius 2 is 0.850 bits per heavy atom. The number of alkyl halides is 2. The summed E-state index contributed by atoms with van der Waals surface area (Å²) in [5, 5.41) is 17.2. The van der Waals surface area contributed by atoms with Gasteiger partial charge in [0, 0.05) is 46.9 Å². The van der Waals surface area contributed by atoms with E-state index in [1.165, 1.54) is 160 Å². The van der Waals surface area contributed by atoms with E-state index in [2.05, 4.69) is 18.6 Å². The third-order valence-corrected chi connectivity index (χ3v) is 20.4. The Kier molecular flexibility index (Phi) is 39.5. The van der Waals surface area contributed by atoms with Gasteiger partial charge < -0.3 is 77.3 Å². The molecule has 9 rings (SSSR count). The number of carbonyl (C=O) groups is 4. The highest BCUT2D eigenvalue weighted by molar-refractivity contribution is 8.13. The molecule has 0 bridgehead atoms. The van der Waals surface area contributed by atoms with Crippen molar-refractivity contribution in [3.63, 3.8) is 0 Å². The molecule has 0 radical (unpaired) electrons. The first-order valence-electron chi connectivity index (χ1n) is 32.2. The van der Waals surface area contributed by atoms with E-state index in [9.17, 15) is 61.6 Å². The van der Waals surface area contributed by atoms with Crippen LogP contribution in [0.2, 0.25) is 10.0 Å². The third-order valence-electron chi connectivity index (χ3n) is 14.6. The smallest absolute Gasteiger partial charge is 0.387 e. The number of aliphatic hydroxyl groups excluding tert-OH is 1. The molecule has 1 saturated carbocycles. The number of aromatic nitrogens is 1. The van der Waals surface area contributed by atoms with Crippen molar-refractivity contribution in [1.29, 1.82) is 0 Å². The highest BCUT2D eigenvalue weighted by Crippen LogP contribution is 2.39. The number of methoxy groups -OCH3 is 8. The molecule has 0 aliphatic heterocycles. The Bertz CT molecular complexity index is 4880. The van der Waals surface area contributed by atoms with Gasteiger partial charge in [0.2, 0.25) is 0 Å². The number of pyridine rings is 1. The molecule has 1 atom stereocenters. The Morgan fingerprint density at radius 3 is 1.22 bits per heavy atom. The lowest BCUT2D eigenvalue weighted by Crippen LogP contribution is -2.21. The number of hydrogen-bond acceptors (Lipinski definition) is 30. The second kappa shape index (κ2) is 46.8. The first kappa shape index (κ1) is 95.3. The molecule has 0 saturated heterocycles. The van der Waals surface area contributed by atoms with Crippen molar-refractivity contribution in [2.24, 2.45) is 5.92 Å². The lowest BCUT2D eigenvalue weighted by Gasteiger charge is -2.21. The number of hydrogen-bond donors (Lipinski definition) is 2. The molecule has 8 aromatic rings. The number of aliphatic carboxylic acids is 1. The summed E-state index contributed by atoms with van der Waals surface area (Å²) >= 11 is 12.7. The summed E-state index contributed by atoms with van der Waals surface area (Å²) in [5.41, 5.74) is 2.44. The number of aromatic amines is 1. The average Bonchev–Trinajstić information content (AvgIpc) is 0.922. The highest BCUT2D eigenvalue weighted by atomic mass is 35.7. The van der Waals surface area contributed by atoms with Crippen LogP contribution >= 0.6 is 33.9 Å². The number of H-pyrrole nitrogens is 1. The standard InChI is InChI=1S/C28H27Cl2F2NO9S.C17H18O7S.C10H12O7S.C9H10O3.C8H9ClO4S.H2O/c1-37-22-8-6-18(10-25(22)38-2)43(35,36)40-15-27(34)41-24(11-19-20(29)12-33-13-21(19)30)17-5-7-23(42-28(31)32)26(9-17)39-14-16-3-4-16;1-21-15-9-8-14(10-16(15)22-2)25(19,20)24-12-17(18)23-11-13-6-4-3-5-7-13;1-15-8-4-3-7(5-9(8)16-2)18(13,14)17-6-10(11)12;10-6-9(11)12-7-8-4-2-1-3-5-8;1-12-7-4-3-6(14(9,10)11)5-8(7)13-2;/h5-10,12-13,16,24,28H,3-4,11,14-15H2,1-2H3;3-10H,11-12H2,1-2H3;3-5H,6H2,1-2H3,(H,11,12);1-5,10H,6-7H2;3-5H,1-2H3;1H2/t24-;;;;;/m0...../s1. The SMILES string of the molecule is COc1ccc(S(=O)(=O)Cl)cc1OC.COc1ccc(S(=O)(=O)OCC(=O)O)cc1OC.COc1ccc(S(=O)(=O)OCC(=O)OCc2ccccc2)cc1OC.COc1ccc(S(=O)(=O)OCC(=O)O[C@@H](Cc2c(Cl)c[nH+]cc2Cl)c2ccc(OC(F)F)c(OCC3CC3)c2)cc1OC.O=C(CO)OCc1ccccc1.[OH-]. The van der Waals surface area contributed by atoms with Crippen LogP contribution in [-0.4, -0.2) is 170 Å². The number of halogens is 5. The molecule has 1 aliphatic carbocycles. The van der Waals surface area contributed by atoms with Crippen LogP contribution in [0.4, 0.5) is 8.78 Å². The van der Waals surface area contributed by atoms with E-state index in [1.807, 2.05) is 36.4 Å². The lowest BCUT2D eigenvalue weighted by molar-refractivity contribution is -0.377. The molecule has 113 heavy (non-hydrogen) atoms. The molecule has 0 amide bonds. The van der Waals surface area contributed by atoms with Gasteiger partial charge >= 0.3 is 30.5 Å². The van der Waals surface area contributed by atoms with Gasteiger partial charge in [-0.2, -0.15) is 34.0 Å². The zero-order chi connectivity index (χ0) is 82.8. The summed E-state index contributed by atoms with van der Waals surface area (Å²) in [7, 11) is -0.0366. The predicted molar refractivity (Wildman–Crippen MR) is 397 cm³/mol. The number of rotatable bonds is 35. The van der Waals surface area contributed by atoms with E-state index >= 15 is 0 Å². The minimum Gasteiger partial charge on any atom is -0.870 e. The molecule has 1 aromatic heterocycles. The number of ether oxygens (including phenoxy) is 13. The summed E-state index contributed by atoms with van der Waals surface area (Å²) in [4.78, 5) is 47.5. The molecule has 4 N–H and O–H groups in total. The van der Waals surface area contributed by atoms with E-state index in [0.29, 0.717) is 52.4 Å². The summed E-state index contributed by atoms with van der Waals surface area (Å²) in [6, 6.07) is 38.2. The predicted octanol–water partition coefficient (Wildman–Crippen LogP) is 10.3. The molecular weight excluding hydrogens is 1650 g/mol. The van der Waals surface area contributed by atoms with Crippen LogP contribution in [0, 0.1) is 5.92 Å². The Hall–Kier alpha value is -10.1. The number of benzene rings is 7. The van der Waals surface area contributed by atoms with Gasteiger partial charge in [-0.3, -0.25) is 12.5 Å². The van der Waals surface area contributed by atoms with Gasteiger partial charge in [0.15, 0.2) is 89.7 Å². The largest absolute Gasteiger partial charge is 0.870 e. The maximum Gasteiger partial charge on any atom is 0.387 e. The molecular formula is C72H78Cl3F2NO31S4. The molecule has 41 heteroatoms. The summed E-state index contributed by atoms with van der Waals surface area (Å²) in [6.07, 6.45) is 3.70. The third kappa shape index (κ3) is 31.8. The number of carbonyl (C=O) groups excluding carboxylic acids is 3. The normalized spacial score (nSPS) is 11.8. The Labute approximate surface area is 664 Å².